The van der Waals surface area contributed by atoms with E-state index in [0.29, 0.717) is 0 Å². The molecule has 1 atom stereocenters. The van der Waals surface area contributed by atoms with Gasteiger partial charge in [-0.05, 0) is 41.7 Å². The summed E-state index contributed by atoms with van der Waals surface area (Å²) in [6.07, 6.45) is 4.30. The summed E-state index contributed by atoms with van der Waals surface area (Å²) in [6, 6.07) is 17.3. The predicted octanol–water partition coefficient (Wildman–Crippen LogP) is 4.88. The summed E-state index contributed by atoms with van der Waals surface area (Å²) in [5, 5.41) is 0. The minimum absolute atomic E-state index is 0.0501. The molecule has 2 aromatic carbocycles. The second kappa shape index (κ2) is 4.24. The van der Waals surface area contributed by atoms with Crippen molar-refractivity contribution in [2.45, 2.75) is 19.3 Å². The molecule has 0 radical (unpaired) electrons. The zero-order valence-corrected chi connectivity index (χ0v) is 11.5. The molecule has 1 unspecified atom stereocenters. The molecule has 0 aromatic heterocycles. The molecule has 0 nitrogen and oxygen atoms in total. The quantitative estimate of drug-likeness (QED) is 0.708. The topological polar surface area (TPSA) is 0 Å². The predicted molar refractivity (Wildman–Crippen MR) is 82.2 cm³/mol. The number of fused-ring (bicyclic) bond motifs is 1. The molecule has 0 saturated heterocycles. The van der Waals surface area contributed by atoms with Crippen LogP contribution >= 0.6 is 0 Å². The van der Waals surface area contributed by atoms with Crippen molar-refractivity contribution < 1.29 is 0 Å². The van der Waals surface area contributed by atoms with Gasteiger partial charge in [0.15, 0.2) is 0 Å². The summed E-state index contributed by atoms with van der Waals surface area (Å²) in [4.78, 5) is 0. The van der Waals surface area contributed by atoms with E-state index in [-0.39, 0.29) is 5.41 Å². The first-order chi connectivity index (χ1) is 9.16. The molecule has 0 bridgehead atoms. The van der Waals surface area contributed by atoms with Crippen LogP contribution in [0.4, 0.5) is 0 Å². The number of rotatable bonds is 2. The number of benzene rings is 2. The van der Waals surface area contributed by atoms with Gasteiger partial charge >= 0.3 is 0 Å². The van der Waals surface area contributed by atoms with E-state index in [1.165, 1.54) is 27.8 Å². The highest BCUT2D eigenvalue weighted by atomic mass is 14.4. The Hall–Kier alpha value is -2.08. The fourth-order valence-electron chi connectivity index (χ4n) is 3.20. The molecular weight excluding hydrogens is 228 g/mol. The summed E-state index contributed by atoms with van der Waals surface area (Å²) in [6.45, 7) is 8.43. The van der Waals surface area contributed by atoms with Crippen molar-refractivity contribution >= 4 is 5.57 Å². The maximum atomic E-state index is 3.95. The van der Waals surface area contributed by atoms with E-state index in [0.717, 1.165) is 0 Å². The third kappa shape index (κ3) is 1.67. The average Bonchev–Trinajstić information content (AvgIpc) is 2.74. The molecule has 0 heteroatoms. The lowest BCUT2D eigenvalue weighted by atomic mass is 9.76. The van der Waals surface area contributed by atoms with E-state index in [2.05, 4.69) is 75.0 Å². The molecule has 2 aromatic rings. The van der Waals surface area contributed by atoms with Gasteiger partial charge in [-0.3, -0.25) is 0 Å². The molecule has 0 saturated carbocycles. The third-order valence-corrected chi connectivity index (χ3v) is 4.17. The van der Waals surface area contributed by atoms with Crippen LogP contribution in [0.1, 0.15) is 29.2 Å². The molecule has 1 aliphatic rings. The van der Waals surface area contributed by atoms with Gasteiger partial charge in [-0.15, -0.1) is 0 Å². The Morgan fingerprint density at radius 2 is 1.58 bits per heavy atom. The van der Waals surface area contributed by atoms with Crippen molar-refractivity contribution in [3.63, 3.8) is 0 Å². The molecule has 94 valence electrons. The average molecular weight is 246 g/mol. The van der Waals surface area contributed by atoms with Crippen LogP contribution in [-0.2, 0) is 5.41 Å². The molecule has 19 heavy (non-hydrogen) atoms. The summed E-state index contributed by atoms with van der Waals surface area (Å²) in [5.74, 6) is 0. The van der Waals surface area contributed by atoms with E-state index in [4.69, 9.17) is 0 Å². The second-order valence-electron chi connectivity index (χ2n) is 5.37. The monoisotopic (exact) mass is 246 g/mol. The summed E-state index contributed by atoms with van der Waals surface area (Å²) in [5.41, 5.74) is 6.58. The Morgan fingerprint density at radius 3 is 2.26 bits per heavy atom. The largest absolute Gasteiger partial charge is 0.0985 e. The molecule has 0 amide bonds. The highest BCUT2D eigenvalue weighted by Crippen LogP contribution is 2.45. The molecular formula is C19H18. The van der Waals surface area contributed by atoms with Gasteiger partial charge in [0.05, 0.1) is 0 Å². The smallest absolute Gasteiger partial charge is 0.0371 e. The van der Waals surface area contributed by atoms with E-state index in [9.17, 15) is 0 Å². The van der Waals surface area contributed by atoms with Gasteiger partial charge in [-0.1, -0.05) is 67.3 Å². The van der Waals surface area contributed by atoms with Gasteiger partial charge in [-0.25, -0.2) is 0 Å². The van der Waals surface area contributed by atoms with Crippen molar-refractivity contribution in [1.82, 2.24) is 0 Å². The van der Waals surface area contributed by atoms with Crippen LogP contribution < -0.4 is 0 Å². The lowest BCUT2D eigenvalue weighted by Gasteiger charge is -2.26. The fourth-order valence-corrected chi connectivity index (χ4v) is 3.20. The van der Waals surface area contributed by atoms with Crippen LogP contribution in [0.15, 0.2) is 67.3 Å². The number of aryl methyl sites for hydroxylation is 1. The Bertz CT molecular complexity index is 676. The van der Waals surface area contributed by atoms with Crippen molar-refractivity contribution in [2.75, 3.05) is 0 Å². The van der Waals surface area contributed by atoms with E-state index in [1.807, 2.05) is 6.08 Å². The van der Waals surface area contributed by atoms with Crippen LogP contribution in [-0.4, -0.2) is 0 Å². The maximum absolute atomic E-state index is 3.95. The van der Waals surface area contributed by atoms with E-state index >= 15 is 0 Å². The number of hydrogen-bond donors (Lipinski definition) is 0. The molecule has 3 rings (SSSR count). The van der Waals surface area contributed by atoms with Crippen molar-refractivity contribution in [1.29, 1.82) is 0 Å². The molecule has 0 spiro atoms. The van der Waals surface area contributed by atoms with Crippen LogP contribution in [0.2, 0.25) is 0 Å². The standard InChI is InChI=1S/C19H18/c1-4-15-13-19(3,17-11-7-5-9-14(17)2)18-12-8-6-10-16(15)18/h4-13H,1H2,2-3H3. The lowest BCUT2D eigenvalue weighted by Crippen LogP contribution is -2.20. The summed E-state index contributed by atoms with van der Waals surface area (Å²) < 4.78 is 0. The molecule has 0 aliphatic heterocycles. The first kappa shape index (κ1) is 12.0. The van der Waals surface area contributed by atoms with E-state index in [1.54, 1.807) is 0 Å². The summed E-state index contributed by atoms with van der Waals surface area (Å²) in [7, 11) is 0. The Labute approximate surface area is 115 Å². The third-order valence-electron chi connectivity index (χ3n) is 4.17. The van der Waals surface area contributed by atoms with Gasteiger partial charge in [0.1, 0.15) is 0 Å². The maximum Gasteiger partial charge on any atom is 0.0371 e. The van der Waals surface area contributed by atoms with E-state index < -0.39 is 0 Å². The fraction of sp³-hybridized carbons (Fsp3) is 0.158. The molecule has 1 aliphatic carbocycles. The highest BCUT2D eigenvalue weighted by Gasteiger charge is 2.35. The van der Waals surface area contributed by atoms with Crippen LogP contribution in [0.25, 0.3) is 5.57 Å². The first-order valence-electron chi connectivity index (χ1n) is 6.68. The van der Waals surface area contributed by atoms with Gasteiger partial charge in [-0.2, -0.15) is 0 Å². The molecule has 0 heterocycles. The zero-order chi connectivity index (χ0) is 13.5. The van der Waals surface area contributed by atoms with Crippen molar-refractivity contribution in [3.05, 3.63) is 89.5 Å². The van der Waals surface area contributed by atoms with Crippen molar-refractivity contribution in [3.8, 4) is 0 Å². The van der Waals surface area contributed by atoms with Gasteiger partial charge in [0, 0.05) is 5.41 Å². The highest BCUT2D eigenvalue weighted by molar-refractivity contribution is 5.84. The van der Waals surface area contributed by atoms with Gasteiger partial charge in [0.2, 0.25) is 0 Å². The minimum atomic E-state index is -0.0501. The molecule has 0 N–H and O–H groups in total. The lowest BCUT2D eigenvalue weighted by molar-refractivity contribution is 0.731. The van der Waals surface area contributed by atoms with Crippen LogP contribution in [0, 0.1) is 6.92 Å². The number of hydrogen-bond acceptors (Lipinski definition) is 0. The van der Waals surface area contributed by atoms with Crippen LogP contribution in [0.5, 0.6) is 0 Å². The van der Waals surface area contributed by atoms with Gasteiger partial charge < -0.3 is 0 Å². The zero-order valence-electron chi connectivity index (χ0n) is 11.5. The summed E-state index contributed by atoms with van der Waals surface area (Å²) >= 11 is 0. The second-order valence-corrected chi connectivity index (χ2v) is 5.37. The first-order valence-corrected chi connectivity index (χ1v) is 6.68. The minimum Gasteiger partial charge on any atom is -0.0985 e. The molecule has 0 fully saturated rings. The van der Waals surface area contributed by atoms with Crippen molar-refractivity contribution in [2.24, 2.45) is 0 Å². The Kier molecular flexibility index (Phi) is 2.67. The normalized spacial score (nSPS) is 20.8. The van der Waals surface area contributed by atoms with Crippen LogP contribution in [0.3, 0.4) is 0 Å². The Balaban J connectivity index is 2.29. The van der Waals surface area contributed by atoms with Gasteiger partial charge in [0.25, 0.3) is 0 Å². The number of allylic oxidation sites excluding steroid dienone is 3. The Morgan fingerprint density at radius 1 is 0.947 bits per heavy atom. The SMILES string of the molecule is C=CC1=CC(C)(c2ccccc2C)c2ccccc21.